The number of nitrogens with zero attached hydrogens (tertiary/aromatic N) is 1. The number of hydrogen-bond acceptors (Lipinski definition) is 5. The van der Waals surface area contributed by atoms with Gasteiger partial charge in [-0.1, -0.05) is 30.3 Å². The van der Waals surface area contributed by atoms with Crippen LogP contribution in [0.2, 0.25) is 0 Å². The minimum atomic E-state index is -3.07. The Morgan fingerprint density at radius 3 is 2.71 bits per heavy atom. The van der Waals surface area contributed by atoms with Crippen molar-refractivity contribution in [1.29, 1.82) is 0 Å². The fraction of sp³-hybridized carbons (Fsp3) is 0.429. The number of aliphatic hydroxyl groups excluding tert-OH is 1. The van der Waals surface area contributed by atoms with Crippen LogP contribution in [0.25, 0.3) is 0 Å². The summed E-state index contributed by atoms with van der Waals surface area (Å²) in [5.74, 6) is 0.586. The molecule has 2 atom stereocenters. The van der Waals surface area contributed by atoms with Crippen molar-refractivity contribution in [3.63, 3.8) is 0 Å². The van der Waals surface area contributed by atoms with E-state index in [2.05, 4.69) is 0 Å². The third-order valence-corrected chi connectivity index (χ3v) is 6.72. The number of aliphatic hydroxyl groups is 1. The van der Waals surface area contributed by atoms with Gasteiger partial charge in [-0.3, -0.25) is 4.90 Å². The first-order chi connectivity index (χ1) is 13.3. The van der Waals surface area contributed by atoms with Gasteiger partial charge in [-0.25, -0.2) is 12.8 Å². The molecule has 0 spiro atoms. The summed E-state index contributed by atoms with van der Waals surface area (Å²) >= 11 is 0. The van der Waals surface area contributed by atoms with E-state index < -0.39 is 15.9 Å². The first kappa shape index (κ1) is 20.8. The highest BCUT2D eigenvalue weighted by Crippen LogP contribution is 2.21. The van der Waals surface area contributed by atoms with Crippen molar-refractivity contribution < 1.29 is 22.7 Å². The summed E-state index contributed by atoms with van der Waals surface area (Å²) in [6.07, 6.45) is -0.278. The van der Waals surface area contributed by atoms with Crippen molar-refractivity contribution in [2.45, 2.75) is 32.0 Å². The molecule has 2 unspecified atom stereocenters. The number of aryl methyl sites for hydroxylation is 1. The van der Waals surface area contributed by atoms with Crippen molar-refractivity contribution in [3.05, 3.63) is 65.5 Å². The molecule has 1 heterocycles. The zero-order chi connectivity index (χ0) is 20.1. The fourth-order valence-corrected chi connectivity index (χ4v) is 5.27. The SMILES string of the molecule is Cc1ccccc1OCC(O)CN(Cc1cccc(F)c1)C1CCS(=O)(=O)C1. The van der Waals surface area contributed by atoms with Gasteiger partial charge < -0.3 is 9.84 Å². The Bertz CT molecular complexity index is 903. The molecule has 1 saturated heterocycles. The van der Waals surface area contributed by atoms with Crippen LogP contribution >= 0.6 is 0 Å². The normalized spacial score (nSPS) is 19.6. The second kappa shape index (κ2) is 9.03. The predicted octanol–water partition coefficient (Wildman–Crippen LogP) is 2.56. The van der Waals surface area contributed by atoms with Gasteiger partial charge in [0.1, 0.15) is 24.3 Å². The molecule has 1 fully saturated rings. The Morgan fingerprint density at radius 1 is 1.25 bits per heavy atom. The van der Waals surface area contributed by atoms with Gasteiger partial charge in [0.15, 0.2) is 9.84 Å². The second-order valence-electron chi connectivity index (χ2n) is 7.35. The van der Waals surface area contributed by atoms with Gasteiger partial charge in [0.25, 0.3) is 0 Å². The molecule has 1 aliphatic heterocycles. The van der Waals surface area contributed by atoms with Gasteiger partial charge in [0, 0.05) is 19.1 Å². The topological polar surface area (TPSA) is 66.8 Å². The number of sulfone groups is 1. The van der Waals surface area contributed by atoms with E-state index in [0.717, 1.165) is 11.1 Å². The number of hydrogen-bond donors (Lipinski definition) is 1. The molecule has 0 radical (unpaired) electrons. The molecule has 0 bridgehead atoms. The maximum Gasteiger partial charge on any atom is 0.151 e. The highest BCUT2D eigenvalue weighted by molar-refractivity contribution is 7.91. The van der Waals surface area contributed by atoms with E-state index in [-0.39, 0.29) is 36.5 Å². The van der Waals surface area contributed by atoms with Gasteiger partial charge in [0.2, 0.25) is 0 Å². The molecule has 0 aromatic heterocycles. The zero-order valence-electron chi connectivity index (χ0n) is 15.9. The Balaban J connectivity index is 1.66. The van der Waals surface area contributed by atoms with Crippen molar-refractivity contribution >= 4 is 9.84 Å². The van der Waals surface area contributed by atoms with Crippen molar-refractivity contribution in [3.8, 4) is 5.75 Å². The zero-order valence-corrected chi connectivity index (χ0v) is 16.7. The number of ether oxygens (including phenoxy) is 1. The Labute approximate surface area is 165 Å². The van der Waals surface area contributed by atoms with Gasteiger partial charge in [-0.05, 0) is 42.7 Å². The van der Waals surface area contributed by atoms with E-state index in [1.54, 1.807) is 12.1 Å². The highest BCUT2D eigenvalue weighted by atomic mass is 32.2. The summed E-state index contributed by atoms with van der Waals surface area (Å²) in [6, 6.07) is 13.6. The minimum Gasteiger partial charge on any atom is -0.491 e. The second-order valence-corrected chi connectivity index (χ2v) is 9.58. The van der Waals surface area contributed by atoms with Crippen molar-refractivity contribution in [2.75, 3.05) is 24.7 Å². The molecule has 0 amide bonds. The van der Waals surface area contributed by atoms with Crippen LogP contribution in [0.3, 0.4) is 0 Å². The van der Waals surface area contributed by atoms with E-state index in [4.69, 9.17) is 4.74 Å². The molecular weight excluding hydrogens is 381 g/mol. The molecule has 0 aliphatic carbocycles. The Kier molecular flexibility index (Phi) is 6.69. The third-order valence-electron chi connectivity index (χ3n) is 4.97. The van der Waals surface area contributed by atoms with E-state index in [9.17, 15) is 17.9 Å². The Hall–Kier alpha value is -1.96. The van der Waals surface area contributed by atoms with Crippen LogP contribution in [0, 0.1) is 12.7 Å². The maximum absolute atomic E-state index is 13.5. The smallest absolute Gasteiger partial charge is 0.151 e. The summed E-state index contributed by atoms with van der Waals surface area (Å²) < 4.78 is 43.1. The average Bonchev–Trinajstić information content (AvgIpc) is 3.00. The monoisotopic (exact) mass is 407 g/mol. The van der Waals surface area contributed by atoms with Crippen LogP contribution in [0.5, 0.6) is 5.75 Å². The molecular formula is C21H26FNO4S. The van der Waals surface area contributed by atoms with Crippen molar-refractivity contribution in [2.24, 2.45) is 0 Å². The number of para-hydroxylation sites is 1. The van der Waals surface area contributed by atoms with Gasteiger partial charge in [0.05, 0.1) is 11.5 Å². The lowest BCUT2D eigenvalue weighted by Crippen LogP contribution is -2.42. The molecule has 3 rings (SSSR count). The molecule has 2 aromatic rings. The standard InChI is InChI=1S/C21H26FNO4S/c1-16-5-2-3-8-21(16)27-14-20(24)13-23(19-9-10-28(25,26)15-19)12-17-6-4-7-18(22)11-17/h2-8,11,19-20,24H,9-10,12-15H2,1H3. The van der Waals surface area contributed by atoms with Crippen LogP contribution in [0.1, 0.15) is 17.5 Å². The van der Waals surface area contributed by atoms with Crippen LogP contribution in [-0.4, -0.2) is 55.2 Å². The van der Waals surface area contributed by atoms with Gasteiger partial charge >= 0.3 is 0 Å². The summed E-state index contributed by atoms with van der Waals surface area (Å²) in [6.45, 7) is 2.66. The van der Waals surface area contributed by atoms with Gasteiger partial charge in [-0.2, -0.15) is 0 Å². The van der Waals surface area contributed by atoms with Gasteiger partial charge in [-0.15, -0.1) is 0 Å². The molecule has 7 heteroatoms. The summed E-state index contributed by atoms with van der Waals surface area (Å²) in [4.78, 5) is 1.92. The van der Waals surface area contributed by atoms with Crippen LogP contribution < -0.4 is 4.74 Å². The summed E-state index contributed by atoms with van der Waals surface area (Å²) in [5, 5.41) is 10.5. The van der Waals surface area contributed by atoms with E-state index in [1.807, 2.05) is 36.1 Å². The van der Waals surface area contributed by atoms with Crippen molar-refractivity contribution in [1.82, 2.24) is 4.90 Å². The van der Waals surface area contributed by atoms with Crippen LogP contribution in [0.15, 0.2) is 48.5 Å². The molecule has 28 heavy (non-hydrogen) atoms. The molecule has 1 aliphatic rings. The maximum atomic E-state index is 13.5. The summed E-state index contributed by atoms with van der Waals surface area (Å²) in [7, 11) is -3.07. The number of benzene rings is 2. The van der Waals surface area contributed by atoms with Crippen LogP contribution in [0.4, 0.5) is 4.39 Å². The molecule has 1 N–H and O–H groups in total. The average molecular weight is 408 g/mol. The predicted molar refractivity (Wildman–Crippen MR) is 107 cm³/mol. The first-order valence-corrected chi connectivity index (χ1v) is 11.2. The lowest BCUT2D eigenvalue weighted by molar-refractivity contribution is 0.0522. The lowest BCUT2D eigenvalue weighted by Gasteiger charge is -2.30. The number of halogens is 1. The van der Waals surface area contributed by atoms with E-state index in [1.165, 1.54) is 12.1 Å². The van der Waals surface area contributed by atoms with E-state index >= 15 is 0 Å². The lowest BCUT2D eigenvalue weighted by atomic mass is 10.1. The quantitative estimate of drug-likeness (QED) is 0.729. The first-order valence-electron chi connectivity index (χ1n) is 9.38. The van der Waals surface area contributed by atoms with E-state index in [0.29, 0.717) is 18.7 Å². The minimum absolute atomic E-state index is 0.0632. The third kappa shape index (κ3) is 5.77. The Morgan fingerprint density at radius 2 is 2.04 bits per heavy atom. The molecule has 5 nitrogen and oxygen atoms in total. The largest absolute Gasteiger partial charge is 0.491 e. The fourth-order valence-electron chi connectivity index (χ4n) is 3.50. The molecule has 2 aromatic carbocycles. The summed E-state index contributed by atoms with van der Waals surface area (Å²) in [5.41, 5.74) is 1.73. The van der Waals surface area contributed by atoms with Crippen LogP contribution in [-0.2, 0) is 16.4 Å². The number of rotatable bonds is 8. The highest BCUT2D eigenvalue weighted by Gasteiger charge is 2.33. The molecule has 0 saturated carbocycles. The molecule has 152 valence electrons.